The maximum absolute atomic E-state index is 11.8. The maximum Gasteiger partial charge on any atom is 0.348 e. The van der Waals surface area contributed by atoms with Crippen LogP contribution in [0.15, 0.2) is 11.8 Å². The highest BCUT2D eigenvalue weighted by Crippen LogP contribution is 2.21. The molecule has 0 aliphatic carbocycles. The van der Waals surface area contributed by atoms with E-state index in [2.05, 4.69) is 23.7 Å². The van der Waals surface area contributed by atoms with Crippen molar-refractivity contribution in [2.24, 2.45) is 0 Å². The van der Waals surface area contributed by atoms with Crippen molar-refractivity contribution in [3.05, 3.63) is 28.6 Å². The van der Waals surface area contributed by atoms with Gasteiger partial charge in [0.1, 0.15) is 11.6 Å². The average Bonchev–Trinajstić information content (AvgIpc) is 2.96. The molecule has 0 unspecified atom stereocenters. The largest absolute Gasteiger partial charge is 0.462 e. The molecule has 0 aliphatic rings. The number of nitrogens with one attached hydrogen (secondary N) is 1. The number of rotatable bonds is 10. The number of aromatic nitrogens is 1. The van der Waals surface area contributed by atoms with Crippen molar-refractivity contribution in [2.45, 2.75) is 40.2 Å². The third kappa shape index (κ3) is 5.52. The first-order chi connectivity index (χ1) is 11.6. The van der Waals surface area contributed by atoms with Crippen molar-refractivity contribution in [3.8, 4) is 6.07 Å². The first kappa shape index (κ1) is 19.9. The van der Waals surface area contributed by atoms with Gasteiger partial charge in [-0.25, -0.2) is 4.79 Å². The number of esters is 1. The quantitative estimate of drug-likeness (QED) is 0.389. The van der Waals surface area contributed by atoms with E-state index in [0.717, 1.165) is 42.9 Å². The zero-order valence-electron chi connectivity index (χ0n) is 14.8. The SMILES string of the molecule is CCOC(=O)/C(C#N)=C/c1[nH]cc(CCCO)c1CN(CC)CC. The van der Waals surface area contributed by atoms with Crippen LogP contribution in [0.1, 0.15) is 44.0 Å². The monoisotopic (exact) mass is 333 g/mol. The van der Waals surface area contributed by atoms with Crippen LogP contribution in [0.4, 0.5) is 0 Å². The van der Waals surface area contributed by atoms with Gasteiger partial charge in [-0.3, -0.25) is 4.90 Å². The first-order valence-electron chi connectivity index (χ1n) is 8.42. The molecule has 0 aliphatic heterocycles. The van der Waals surface area contributed by atoms with Crippen LogP contribution >= 0.6 is 0 Å². The number of hydrogen-bond donors (Lipinski definition) is 2. The molecule has 0 fully saturated rings. The second kappa shape index (κ2) is 10.6. The van der Waals surface area contributed by atoms with Gasteiger partial charge in [0.05, 0.1) is 6.61 Å². The van der Waals surface area contributed by atoms with Crippen molar-refractivity contribution < 1.29 is 14.6 Å². The molecule has 0 saturated carbocycles. The molecule has 0 aromatic carbocycles. The minimum atomic E-state index is -0.611. The molecule has 0 atom stereocenters. The molecule has 0 radical (unpaired) electrons. The third-order valence-electron chi connectivity index (χ3n) is 3.90. The van der Waals surface area contributed by atoms with Gasteiger partial charge < -0.3 is 14.8 Å². The summed E-state index contributed by atoms with van der Waals surface area (Å²) in [6.45, 7) is 8.81. The van der Waals surface area contributed by atoms with Gasteiger partial charge in [0.25, 0.3) is 0 Å². The second-order valence-electron chi connectivity index (χ2n) is 5.38. The van der Waals surface area contributed by atoms with E-state index < -0.39 is 5.97 Å². The van der Waals surface area contributed by atoms with E-state index in [1.165, 1.54) is 0 Å². The summed E-state index contributed by atoms with van der Waals surface area (Å²) in [5, 5.41) is 18.3. The van der Waals surface area contributed by atoms with Gasteiger partial charge >= 0.3 is 5.97 Å². The number of ether oxygens (including phenoxy) is 1. The number of aryl methyl sites for hydroxylation is 1. The van der Waals surface area contributed by atoms with Crippen LogP contribution in [-0.4, -0.2) is 47.3 Å². The summed E-state index contributed by atoms with van der Waals surface area (Å²) in [5.41, 5.74) is 2.89. The average molecular weight is 333 g/mol. The molecule has 1 aromatic rings. The minimum absolute atomic E-state index is 0.0202. The topological polar surface area (TPSA) is 89.3 Å². The van der Waals surface area contributed by atoms with Crippen LogP contribution < -0.4 is 0 Å². The number of aliphatic hydroxyl groups is 1. The van der Waals surface area contributed by atoms with Gasteiger partial charge in [-0.05, 0) is 50.1 Å². The summed E-state index contributed by atoms with van der Waals surface area (Å²) in [7, 11) is 0. The molecule has 1 heterocycles. The summed E-state index contributed by atoms with van der Waals surface area (Å²) < 4.78 is 4.92. The smallest absolute Gasteiger partial charge is 0.348 e. The molecule has 6 nitrogen and oxygen atoms in total. The lowest BCUT2D eigenvalue weighted by Crippen LogP contribution is -2.23. The molecule has 0 saturated heterocycles. The number of aromatic amines is 1. The molecule has 0 bridgehead atoms. The minimum Gasteiger partial charge on any atom is -0.462 e. The normalized spacial score (nSPS) is 11.6. The zero-order chi connectivity index (χ0) is 17.9. The molecule has 6 heteroatoms. The van der Waals surface area contributed by atoms with Crippen molar-refractivity contribution in [2.75, 3.05) is 26.3 Å². The lowest BCUT2D eigenvalue weighted by atomic mass is 10.0. The third-order valence-corrected chi connectivity index (χ3v) is 3.90. The summed E-state index contributed by atoms with van der Waals surface area (Å²) >= 11 is 0. The Balaban J connectivity index is 3.18. The molecular weight excluding hydrogens is 306 g/mol. The molecule has 1 aromatic heterocycles. The molecule has 24 heavy (non-hydrogen) atoms. The first-order valence-corrected chi connectivity index (χ1v) is 8.42. The standard InChI is InChI=1S/C18H27N3O3/c1-4-21(5-2)13-16-14(8-7-9-22)12-20-17(16)10-15(11-19)18(23)24-6-3/h10,12,20,22H,4-9,13H2,1-3H3/b15-10+. The van der Waals surface area contributed by atoms with E-state index in [1.54, 1.807) is 13.0 Å². The summed E-state index contributed by atoms with van der Waals surface area (Å²) in [6.07, 6.45) is 4.87. The zero-order valence-corrected chi connectivity index (χ0v) is 14.8. The van der Waals surface area contributed by atoms with E-state index in [-0.39, 0.29) is 18.8 Å². The number of H-pyrrole nitrogens is 1. The van der Waals surface area contributed by atoms with E-state index in [1.807, 2.05) is 12.3 Å². The fourth-order valence-electron chi connectivity index (χ4n) is 2.48. The van der Waals surface area contributed by atoms with Crippen LogP contribution in [0.2, 0.25) is 0 Å². The van der Waals surface area contributed by atoms with E-state index in [4.69, 9.17) is 9.84 Å². The van der Waals surface area contributed by atoms with Gasteiger partial charge in [-0.2, -0.15) is 5.26 Å². The van der Waals surface area contributed by atoms with Gasteiger partial charge in [0, 0.05) is 25.0 Å². The second-order valence-corrected chi connectivity index (χ2v) is 5.38. The number of hydrogen-bond acceptors (Lipinski definition) is 5. The Morgan fingerprint density at radius 1 is 1.42 bits per heavy atom. The summed E-state index contributed by atoms with van der Waals surface area (Å²) in [4.78, 5) is 17.3. The van der Waals surface area contributed by atoms with E-state index in [0.29, 0.717) is 6.42 Å². The Bertz CT molecular complexity index is 595. The highest BCUT2D eigenvalue weighted by Gasteiger charge is 2.16. The predicted molar refractivity (Wildman–Crippen MR) is 93.0 cm³/mol. The van der Waals surface area contributed by atoms with Crippen LogP contribution in [-0.2, 0) is 22.5 Å². The van der Waals surface area contributed by atoms with Gasteiger partial charge in [0.2, 0.25) is 0 Å². The highest BCUT2D eigenvalue weighted by atomic mass is 16.5. The molecule has 132 valence electrons. The number of nitriles is 1. The van der Waals surface area contributed by atoms with Gasteiger partial charge in [0.15, 0.2) is 0 Å². The fraction of sp³-hybridized carbons (Fsp3) is 0.556. The Morgan fingerprint density at radius 2 is 2.12 bits per heavy atom. The highest BCUT2D eigenvalue weighted by molar-refractivity contribution is 5.97. The molecule has 0 amide bonds. The number of nitrogens with zero attached hydrogens (tertiary/aromatic N) is 2. The van der Waals surface area contributed by atoms with Crippen molar-refractivity contribution in [1.29, 1.82) is 5.26 Å². The Hall–Kier alpha value is -2.10. The fourth-order valence-corrected chi connectivity index (χ4v) is 2.48. The number of carbonyl (C=O) groups excluding carboxylic acids is 1. The van der Waals surface area contributed by atoms with E-state index in [9.17, 15) is 10.1 Å². The molecule has 2 N–H and O–H groups in total. The Morgan fingerprint density at radius 3 is 2.67 bits per heavy atom. The van der Waals surface area contributed by atoms with E-state index >= 15 is 0 Å². The molecular formula is C18H27N3O3. The van der Waals surface area contributed by atoms with Crippen LogP contribution in [0.25, 0.3) is 6.08 Å². The van der Waals surface area contributed by atoms with Gasteiger partial charge in [-0.15, -0.1) is 0 Å². The maximum atomic E-state index is 11.8. The van der Waals surface area contributed by atoms with Crippen molar-refractivity contribution >= 4 is 12.0 Å². The van der Waals surface area contributed by atoms with Crippen LogP contribution in [0.5, 0.6) is 0 Å². The molecule has 1 rings (SSSR count). The van der Waals surface area contributed by atoms with Crippen LogP contribution in [0.3, 0.4) is 0 Å². The Labute approximate surface area is 143 Å². The summed E-state index contributed by atoms with van der Waals surface area (Å²) in [5.74, 6) is -0.611. The summed E-state index contributed by atoms with van der Waals surface area (Å²) in [6, 6.07) is 1.91. The Kier molecular flexibility index (Phi) is 8.84. The predicted octanol–water partition coefficient (Wildman–Crippen LogP) is 2.25. The lowest BCUT2D eigenvalue weighted by Gasteiger charge is -2.19. The lowest BCUT2D eigenvalue weighted by molar-refractivity contribution is -0.137. The number of aliphatic hydroxyl groups excluding tert-OH is 1. The molecule has 0 spiro atoms. The van der Waals surface area contributed by atoms with Crippen LogP contribution in [0, 0.1) is 11.3 Å². The number of carbonyl (C=O) groups is 1. The van der Waals surface area contributed by atoms with Gasteiger partial charge in [-0.1, -0.05) is 13.8 Å². The van der Waals surface area contributed by atoms with Crippen molar-refractivity contribution in [3.63, 3.8) is 0 Å². The van der Waals surface area contributed by atoms with Crippen molar-refractivity contribution in [1.82, 2.24) is 9.88 Å².